The number of hydrogen-bond donors (Lipinski definition) is 0. The van der Waals surface area contributed by atoms with Gasteiger partial charge in [-0.3, -0.25) is 0 Å². The molecule has 0 aliphatic carbocycles. The van der Waals surface area contributed by atoms with Crippen molar-refractivity contribution in [3.63, 3.8) is 0 Å². The highest BCUT2D eigenvalue weighted by atomic mass is 19.4. The molecule has 2 rings (SSSR count). The van der Waals surface area contributed by atoms with Crippen LogP contribution in [0.1, 0.15) is 41.2 Å². The predicted molar refractivity (Wildman–Crippen MR) is 90.2 cm³/mol. The second kappa shape index (κ2) is 8.17. The monoisotopic (exact) mass is 388 g/mol. The lowest BCUT2D eigenvalue weighted by atomic mass is 9.99. The number of benzene rings is 2. The van der Waals surface area contributed by atoms with E-state index in [2.05, 4.69) is 6.58 Å². The van der Waals surface area contributed by atoms with E-state index < -0.39 is 29.6 Å². The molecular formula is C20H18F6O. The van der Waals surface area contributed by atoms with Gasteiger partial charge < -0.3 is 4.74 Å². The Hall–Kier alpha value is -2.28. The van der Waals surface area contributed by atoms with Crippen LogP contribution in [0.25, 0.3) is 0 Å². The van der Waals surface area contributed by atoms with Crippen LogP contribution in [-0.2, 0) is 17.1 Å². The van der Waals surface area contributed by atoms with Gasteiger partial charge in [0.05, 0.1) is 23.8 Å². The molecule has 0 amide bonds. The van der Waals surface area contributed by atoms with Gasteiger partial charge in [0.15, 0.2) is 0 Å². The van der Waals surface area contributed by atoms with Crippen LogP contribution in [0.5, 0.6) is 0 Å². The molecule has 0 fully saturated rings. The van der Waals surface area contributed by atoms with E-state index in [9.17, 15) is 26.3 Å². The summed E-state index contributed by atoms with van der Waals surface area (Å²) in [5.74, 6) is -0.235. The number of alkyl halides is 6. The molecule has 2 aromatic carbocycles. The van der Waals surface area contributed by atoms with Crippen molar-refractivity contribution in [3.05, 3.63) is 83.4 Å². The largest absolute Gasteiger partial charge is 0.416 e. The maximum atomic E-state index is 13.0. The van der Waals surface area contributed by atoms with E-state index in [0.29, 0.717) is 12.1 Å². The van der Waals surface area contributed by atoms with Crippen LogP contribution < -0.4 is 0 Å². The molecule has 7 heteroatoms. The standard InChI is InChI=1S/C20H18F6O/c1-3-14(15-7-5-4-6-8-15)12-27-13(2)16-9-17(19(21,22)23)11-18(10-16)20(24,25)26/h3-11,13-14H,1,12H2,2H3/t13-,14+/m1/s1. The third-order valence-corrected chi connectivity index (χ3v) is 4.12. The third kappa shape index (κ3) is 5.60. The molecule has 1 nitrogen and oxygen atoms in total. The third-order valence-electron chi connectivity index (χ3n) is 4.12. The molecule has 27 heavy (non-hydrogen) atoms. The molecule has 0 spiro atoms. The van der Waals surface area contributed by atoms with E-state index in [1.807, 2.05) is 30.3 Å². The summed E-state index contributed by atoms with van der Waals surface area (Å²) in [6.07, 6.45) is -9.11. The van der Waals surface area contributed by atoms with Gasteiger partial charge in [-0.05, 0) is 36.2 Å². The number of hydrogen-bond acceptors (Lipinski definition) is 1. The van der Waals surface area contributed by atoms with Crippen molar-refractivity contribution in [2.75, 3.05) is 6.61 Å². The molecular weight excluding hydrogens is 370 g/mol. The van der Waals surface area contributed by atoms with Crippen LogP contribution >= 0.6 is 0 Å². The van der Waals surface area contributed by atoms with Crippen molar-refractivity contribution in [1.82, 2.24) is 0 Å². The number of ether oxygens (including phenoxy) is 1. The quantitative estimate of drug-likeness (QED) is 0.392. The van der Waals surface area contributed by atoms with E-state index in [1.165, 1.54) is 6.92 Å². The first-order valence-electron chi connectivity index (χ1n) is 8.11. The molecule has 146 valence electrons. The summed E-state index contributed by atoms with van der Waals surface area (Å²) in [4.78, 5) is 0. The van der Waals surface area contributed by atoms with Gasteiger partial charge >= 0.3 is 12.4 Å². The van der Waals surface area contributed by atoms with Crippen LogP contribution in [0.4, 0.5) is 26.3 Å². The molecule has 0 heterocycles. The Morgan fingerprint density at radius 2 is 1.41 bits per heavy atom. The summed E-state index contributed by atoms with van der Waals surface area (Å²) in [7, 11) is 0. The topological polar surface area (TPSA) is 9.23 Å². The zero-order valence-electron chi connectivity index (χ0n) is 14.4. The zero-order chi connectivity index (χ0) is 20.2. The number of halogens is 6. The van der Waals surface area contributed by atoms with E-state index in [-0.39, 0.29) is 24.2 Å². The molecule has 0 aromatic heterocycles. The van der Waals surface area contributed by atoms with E-state index >= 15 is 0 Å². The van der Waals surface area contributed by atoms with Crippen LogP contribution in [0, 0.1) is 0 Å². The summed E-state index contributed by atoms with van der Waals surface area (Å²) in [6.45, 7) is 5.20. The van der Waals surface area contributed by atoms with Gasteiger partial charge in [0.2, 0.25) is 0 Å². The first-order chi connectivity index (χ1) is 12.5. The molecule has 2 atom stereocenters. The molecule has 0 saturated carbocycles. The maximum Gasteiger partial charge on any atom is 0.416 e. The maximum absolute atomic E-state index is 13.0. The SMILES string of the molecule is C=C[C@@H](CO[C@H](C)c1cc(C(F)(F)F)cc(C(F)(F)F)c1)c1ccccc1. The Morgan fingerprint density at radius 1 is 0.889 bits per heavy atom. The van der Waals surface area contributed by atoms with Crippen molar-refractivity contribution in [2.45, 2.75) is 31.3 Å². The molecule has 0 saturated heterocycles. The lowest BCUT2D eigenvalue weighted by Gasteiger charge is -2.21. The van der Waals surface area contributed by atoms with Crippen LogP contribution in [0.15, 0.2) is 61.2 Å². The van der Waals surface area contributed by atoms with Gasteiger partial charge in [0.1, 0.15) is 0 Å². The first kappa shape index (κ1) is 21.0. The van der Waals surface area contributed by atoms with Gasteiger partial charge in [-0.2, -0.15) is 26.3 Å². The minimum Gasteiger partial charge on any atom is -0.373 e. The summed E-state index contributed by atoms with van der Waals surface area (Å²) in [6, 6.07) is 10.6. The van der Waals surface area contributed by atoms with Gasteiger partial charge in [-0.1, -0.05) is 36.4 Å². The Labute approximate surface area is 153 Å². The predicted octanol–water partition coefficient (Wildman–Crippen LogP) is 6.77. The molecule has 0 unspecified atom stereocenters. The first-order valence-corrected chi connectivity index (χ1v) is 8.11. The highest BCUT2D eigenvalue weighted by molar-refractivity contribution is 5.34. The second-order valence-electron chi connectivity index (χ2n) is 6.07. The summed E-state index contributed by atoms with van der Waals surface area (Å²) >= 11 is 0. The zero-order valence-corrected chi connectivity index (χ0v) is 14.4. The lowest BCUT2D eigenvalue weighted by molar-refractivity contribution is -0.143. The van der Waals surface area contributed by atoms with Crippen LogP contribution in [-0.4, -0.2) is 6.61 Å². The minimum atomic E-state index is -4.89. The van der Waals surface area contributed by atoms with Crippen LogP contribution in [0.2, 0.25) is 0 Å². The fourth-order valence-corrected chi connectivity index (χ4v) is 2.56. The van der Waals surface area contributed by atoms with Crippen molar-refractivity contribution in [3.8, 4) is 0 Å². The summed E-state index contributed by atoms with van der Waals surface area (Å²) in [5.41, 5.74) is -2.01. The Bertz CT molecular complexity index is 732. The Balaban J connectivity index is 2.24. The highest BCUT2D eigenvalue weighted by Crippen LogP contribution is 2.38. The van der Waals surface area contributed by atoms with Gasteiger partial charge in [-0.15, -0.1) is 6.58 Å². The second-order valence-corrected chi connectivity index (χ2v) is 6.07. The van der Waals surface area contributed by atoms with Crippen molar-refractivity contribution >= 4 is 0 Å². The van der Waals surface area contributed by atoms with Crippen molar-refractivity contribution in [2.24, 2.45) is 0 Å². The van der Waals surface area contributed by atoms with Crippen LogP contribution in [0.3, 0.4) is 0 Å². The highest BCUT2D eigenvalue weighted by Gasteiger charge is 2.37. The molecule has 0 bridgehead atoms. The fourth-order valence-electron chi connectivity index (χ4n) is 2.56. The average Bonchev–Trinajstić information content (AvgIpc) is 2.61. The van der Waals surface area contributed by atoms with E-state index in [0.717, 1.165) is 5.56 Å². The molecule has 0 aliphatic rings. The molecule has 0 aliphatic heterocycles. The van der Waals surface area contributed by atoms with E-state index in [1.54, 1.807) is 6.08 Å². The molecule has 2 aromatic rings. The van der Waals surface area contributed by atoms with Gasteiger partial charge in [-0.25, -0.2) is 0 Å². The van der Waals surface area contributed by atoms with Crippen molar-refractivity contribution in [1.29, 1.82) is 0 Å². The van der Waals surface area contributed by atoms with Crippen molar-refractivity contribution < 1.29 is 31.1 Å². The molecule has 0 radical (unpaired) electrons. The van der Waals surface area contributed by atoms with E-state index in [4.69, 9.17) is 4.74 Å². The lowest BCUT2D eigenvalue weighted by Crippen LogP contribution is -2.14. The molecule has 0 N–H and O–H groups in total. The Morgan fingerprint density at radius 3 is 1.85 bits per heavy atom. The number of rotatable bonds is 6. The normalized spacial score (nSPS) is 14.6. The summed E-state index contributed by atoms with van der Waals surface area (Å²) < 4.78 is 83.4. The fraction of sp³-hybridized carbons (Fsp3) is 0.300. The smallest absolute Gasteiger partial charge is 0.373 e. The van der Waals surface area contributed by atoms with Gasteiger partial charge in [0, 0.05) is 5.92 Å². The average molecular weight is 388 g/mol. The minimum absolute atomic E-state index is 0.0757. The summed E-state index contributed by atoms with van der Waals surface area (Å²) in [5, 5.41) is 0. The van der Waals surface area contributed by atoms with Gasteiger partial charge in [0.25, 0.3) is 0 Å². The Kier molecular flexibility index (Phi) is 6.36.